The lowest BCUT2D eigenvalue weighted by Crippen LogP contribution is -1.92. The van der Waals surface area contributed by atoms with Crippen LogP contribution in [-0.4, -0.2) is 0 Å². The maximum Gasteiger partial charge on any atom is -0.000923 e. The lowest BCUT2D eigenvalue weighted by molar-refractivity contribution is 1.11. The van der Waals surface area contributed by atoms with Gasteiger partial charge in [-0.3, -0.25) is 0 Å². The summed E-state index contributed by atoms with van der Waals surface area (Å²) in [5.74, 6) is 1.39. The Kier molecular flexibility index (Phi) is 2.33. The van der Waals surface area contributed by atoms with Crippen molar-refractivity contribution in [2.45, 2.75) is 27.7 Å². The van der Waals surface area contributed by atoms with Gasteiger partial charge in [0.1, 0.15) is 0 Å². The smallest absolute Gasteiger partial charge is 0.000923 e. The molecule has 0 heterocycles. The van der Waals surface area contributed by atoms with E-state index in [0.717, 1.165) is 0 Å². The third-order valence-corrected chi connectivity index (χ3v) is 1.93. The van der Waals surface area contributed by atoms with Crippen LogP contribution in [-0.2, 0) is 0 Å². The molecule has 59 valence electrons. The molecule has 0 spiro atoms. The Morgan fingerprint density at radius 3 is 2.18 bits per heavy atom. The van der Waals surface area contributed by atoms with Gasteiger partial charge in [0.25, 0.3) is 0 Å². The number of hydrogen-bond donors (Lipinski definition) is 0. The molecule has 0 atom stereocenters. The molecule has 0 N–H and O–H groups in total. The van der Waals surface area contributed by atoms with Crippen molar-refractivity contribution in [3.05, 3.63) is 40.8 Å². The Bertz CT molecular complexity index is 246. The van der Waals surface area contributed by atoms with Crippen molar-refractivity contribution >= 4 is 0 Å². The summed E-state index contributed by atoms with van der Waals surface area (Å²) in [4.78, 5) is 0. The van der Waals surface area contributed by atoms with Crippen LogP contribution in [0, 0.1) is 19.8 Å². The van der Waals surface area contributed by atoms with Gasteiger partial charge in [0, 0.05) is 0 Å². The lowest BCUT2D eigenvalue weighted by atomic mass is 9.96. The highest BCUT2D eigenvalue weighted by molar-refractivity contribution is 5.38. The molecule has 0 heteroatoms. The Morgan fingerprint density at radius 2 is 1.73 bits per heavy atom. The van der Waals surface area contributed by atoms with Gasteiger partial charge in [0.15, 0.2) is 0 Å². The third-order valence-electron chi connectivity index (χ3n) is 1.93. The van der Waals surface area contributed by atoms with Gasteiger partial charge < -0.3 is 0 Å². The molecule has 0 saturated carbocycles. The van der Waals surface area contributed by atoms with E-state index < -0.39 is 0 Å². The second-order valence-corrected chi connectivity index (χ2v) is 3.32. The van der Waals surface area contributed by atoms with Gasteiger partial charge in [0.2, 0.25) is 0 Å². The number of rotatable bonds is 1. The van der Waals surface area contributed by atoms with E-state index >= 15 is 0 Å². The van der Waals surface area contributed by atoms with Crippen LogP contribution in [0.1, 0.15) is 30.5 Å². The quantitative estimate of drug-likeness (QED) is 0.572. The second kappa shape index (κ2) is 3.08. The molecule has 0 nitrogen and oxygen atoms in total. The SMILES string of the molecule is C[C](C)c1cc(C)ccc1C. The minimum Gasteiger partial charge on any atom is -0.0590 e. The molecule has 1 radical (unpaired) electrons. The van der Waals surface area contributed by atoms with Crippen molar-refractivity contribution in [3.8, 4) is 0 Å². The van der Waals surface area contributed by atoms with Gasteiger partial charge in [-0.15, -0.1) is 0 Å². The molecule has 0 aliphatic heterocycles. The zero-order valence-electron chi connectivity index (χ0n) is 7.73. The topological polar surface area (TPSA) is 0 Å². The molecule has 0 aliphatic rings. The fourth-order valence-corrected chi connectivity index (χ4v) is 1.27. The van der Waals surface area contributed by atoms with E-state index in [1.165, 1.54) is 22.6 Å². The highest BCUT2D eigenvalue weighted by Crippen LogP contribution is 2.18. The molecule has 1 rings (SSSR count). The maximum atomic E-state index is 2.24. The predicted molar refractivity (Wildman–Crippen MR) is 49.6 cm³/mol. The highest BCUT2D eigenvalue weighted by atomic mass is 14.1. The van der Waals surface area contributed by atoms with Gasteiger partial charge in [-0.2, -0.15) is 0 Å². The van der Waals surface area contributed by atoms with Crippen molar-refractivity contribution in [1.29, 1.82) is 0 Å². The minimum absolute atomic E-state index is 1.34. The Balaban J connectivity index is 3.13. The zero-order chi connectivity index (χ0) is 8.43. The maximum absolute atomic E-state index is 2.24. The summed E-state index contributed by atoms with van der Waals surface area (Å²) in [5.41, 5.74) is 4.10. The first-order chi connectivity index (χ1) is 5.11. The van der Waals surface area contributed by atoms with E-state index in [4.69, 9.17) is 0 Å². The van der Waals surface area contributed by atoms with Crippen molar-refractivity contribution in [3.63, 3.8) is 0 Å². The van der Waals surface area contributed by atoms with Crippen molar-refractivity contribution < 1.29 is 0 Å². The van der Waals surface area contributed by atoms with Crippen molar-refractivity contribution in [1.82, 2.24) is 0 Å². The highest BCUT2D eigenvalue weighted by Gasteiger charge is 2.02. The molecular formula is C11H15. The molecule has 0 saturated heterocycles. The molecular weight excluding hydrogens is 132 g/mol. The van der Waals surface area contributed by atoms with Crippen LogP contribution < -0.4 is 0 Å². The molecule has 1 aromatic carbocycles. The largest absolute Gasteiger partial charge is 0.0590 e. The molecule has 11 heavy (non-hydrogen) atoms. The fraction of sp³-hybridized carbons (Fsp3) is 0.364. The molecule has 0 aromatic heterocycles. The van der Waals surface area contributed by atoms with Crippen LogP contribution in [0.5, 0.6) is 0 Å². The van der Waals surface area contributed by atoms with E-state index in [1.54, 1.807) is 0 Å². The van der Waals surface area contributed by atoms with Crippen LogP contribution in [0.2, 0.25) is 0 Å². The van der Waals surface area contributed by atoms with E-state index in [0.29, 0.717) is 0 Å². The number of benzene rings is 1. The summed E-state index contributed by atoms with van der Waals surface area (Å²) in [5, 5.41) is 0. The van der Waals surface area contributed by atoms with Gasteiger partial charge in [-0.05, 0) is 30.9 Å². The summed E-state index contributed by atoms with van der Waals surface area (Å²) in [6.07, 6.45) is 0. The monoisotopic (exact) mass is 147 g/mol. The Labute approximate surface area is 69.3 Å². The van der Waals surface area contributed by atoms with E-state index in [9.17, 15) is 0 Å². The van der Waals surface area contributed by atoms with Crippen LogP contribution in [0.3, 0.4) is 0 Å². The first-order valence-electron chi connectivity index (χ1n) is 3.99. The summed E-state index contributed by atoms with van der Waals surface area (Å²) >= 11 is 0. The molecule has 0 bridgehead atoms. The normalized spacial score (nSPS) is 10.6. The van der Waals surface area contributed by atoms with Crippen molar-refractivity contribution in [2.24, 2.45) is 0 Å². The zero-order valence-corrected chi connectivity index (χ0v) is 7.73. The van der Waals surface area contributed by atoms with E-state index in [1.807, 2.05) is 0 Å². The molecule has 1 aromatic rings. The van der Waals surface area contributed by atoms with Gasteiger partial charge >= 0.3 is 0 Å². The third kappa shape index (κ3) is 1.83. The van der Waals surface area contributed by atoms with Crippen LogP contribution >= 0.6 is 0 Å². The molecule has 0 fully saturated rings. The van der Waals surface area contributed by atoms with Gasteiger partial charge in [-0.25, -0.2) is 0 Å². The average Bonchev–Trinajstić information content (AvgIpc) is 1.94. The number of aryl methyl sites for hydroxylation is 2. The standard InChI is InChI=1S/C11H15/c1-8(2)11-7-9(3)5-6-10(11)4/h5-7H,1-4H3. The summed E-state index contributed by atoms with van der Waals surface area (Å²) in [6, 6.07) is 6.57. The summed E-state index contributed by atoms with van der Waals surface area (Å²) in [6.45, 7) is 8.59. The summed E-state index contributed by atoms with van der Waals surface area (Å²) < 4.78 is 0. The fourth-order valence-electron chi connectivity index (χ4n) is 1.27. The Hall–Kier alpha value is -0.780. The van der Waals surface area contributed by atoms with Gasteiger partial charge in [0.05, 0.1) is 0 Å². The second-order valence-electron chi connectivity index (χ2n) is 3.32. The molecule has 0 unspecified atom stereocenters. The predicted octanol–water partition coefficient (Wildman–Crippen LogP) is 3.27. The van der Waals surface area contributed by atoms with Crippen LogP contribution in [0.25, 0.3) is 0 Å². The van der Waals surface area contributed by atoms with Crippen LogP contribution in [0.4, 0.5) is 0 Å². The Morgan fingerprint density at radius 1 is 1.09 bits per heavy atom. The summed E-state index contributed by atoms with van der Waals surface area (Å²) in [7, 11) is 0. The minimum atomic E-state index is 1.34. The number of hydrogen-bond acceptors (Lipinski definition) is 0. The van der Waals surface area contributed by atoms with Crippen LogP contribution in [0.15, 0.2) is 18.2 Å². The van der Waals surface area contributed by atoms with E-state index in [-0.39, 0.29) is 0 Å². The molecule has 0 amide bonds. The van der Waals surface area contributed by atoms with Gasteiger partial charge in [-0.1, -0.05) is 37.6 Å². The van der Waals surface area contributed by atoms with Crippen molar-refractivity contribution in [2.75, 3.05) is 0 Å². The molecule has 0 aliphatic carbocycles. The first-order valence-corrected chi connectivity index (χ1v) is 3.99. The first kappa shape index (κ1) is 8.32. The van der Waals surface area contributed by atoms with E-state index in [2.05, 4.69) is 45.9 Å². The lowest BCUT2D eigenvalue weighted by Gasteiger charge is -2.09. The average molecular weight is 147 g/mol.